The number of aliphatic hydroxyl groups excluding tert-OH is 1. The van der Waals surface area contributed by atoms with Gasteiger partial charge in [-0.15, -0.1) is 11.6 Å². The number of rotatable bonds is 5. The molecule has 1 aromatic rings. The van der Waals surface area contributed by atoms with E-state index in [0.29, 0.717) is 11.4 Å². The minimum absolute atomic E-state index is 0.0569. The second-order valence-electron chi connectivity index (χ2n) is 4.34. The van der Waals surface area contributed by atoms with Crippen LogP contribution < -0.4 is 5.32 Å². The highest BCUT2D eigenvalue weighted by molar-refractivity contribution is 6.17. The topological polar surface area (TPSA) is 49.3 Å². The van der Waals surface area contributed by atoms with Crippen LogP contribution in [0.1, 0.15) is 29.8 Å². The minimum Gasteiger partial charge on any atom is -0.394 e. The number of nitrogens with one attached hydrogen (secondary N) is 1. The molecule has 0 saturated carbocycles. The van der Waals surface area contributed by atoms with E-state index in [1.165, 1.54) is 0 Å². The summed E-state index contributed by atoms with van der Waals surface area (Å²) in [7, 11) is 0. The van der Waals surface area contributed by atoms with Gasteiger partial charge in [-0.1, -0.05) is 26.0 Å². The van der Waals surface area contributed by atoms with Gasteiger partial charge in [0.25, 0.3) is 5.91 Å². The molecule has 17 heavy (non-hydrogen) atoms. The van der Waals surface area contributed by atoms with Crippen LogP contribution in [0.3, 0.4) is 0 Å². The first-order valence-corrected chi connectivity index (χ1v) is 6.18. The lowest BCUT2D eigenvalue weighted by Crippen LogP contribution is -2.41. The van der Waals surface area contributed by atoms with E-state index in [2.05, 4.69) is 5.32 Å². The monoisotopic (exact) mass is 255 g/mol. The molecule has 0 saturated heterocycles. The third-order valence-corrected chi connectivity index (χ3v) is 2.97. The zero-order valence-electron chi connectivity index (χ0n) is 10.1. The maximum Gasteiger partial charge on any atom is 0.251 e. The second kappa shape index (κ2) is 6.62. The number of benzene rings is 1. The molecule has 0 aliphatic heterocycles. The van der Waals surface area contributed by atoms with Gasteiger partial charge in [0.05, 0.1) is 12.6 Å². The van der Waals surface area contributed by atoms with Crippen molar-refractivity contribution in [1.82, 2.24) is 5.32 Å². The van der Waals surface area contributed by atoms with E-state index in [9.17, 15) is 4.79 Å². The van der Waals surface area contributed by atoms with Gasteiger partial charge in [-0.2, -0.15) is 0 Å². The van der Waals surface area contributed by atoms with Gasteiger partial charge in [-0.05, 0) is 23.6 Å². The smallest absolute Gasteiger partial charge is 0.251 e. The van der Waals surface area contributed by atoms with Gasteiger partial charge in [0.15, 0.2) is 0 Å². The normalized spacial score (nSPS) is 12.5. The van der Waals surface area contributed by atoms with E-state index in [1.807, 2.05) is 19.9 Å². The lowest BCUT2D eigenvalue weighted by Gasteiger charge is -2.19. The van der Waals surface area contributed by atoms with Crippen molar-refractivity contribution < 1.29 is 9.90 Å². The number of hydrogen-bond donors (Lipinski definition) is 2. The summed E-state index contributed by atoms with van der Waals surface area (Å²) in [5, 5.41) is 12.0. The maximum absolute atomic E-state index is 11.9. The van der Waals surface area contributed by atoms with Crippen molar-refractivity contribution in [2.24, 2.45) is 5.92 Å². The van der Waals surface area contributed by atoms with Crippen LogP contribution in [-0.2, 0) is 5.88 Å². The van der Waals surface area contributed by atoms with Crippen LogP contribution in [0.15, 0.2) is 24.3 Å². The number of alkyl halides is 1. The van der Waals surface area contributed by atoms with E-state index < -0.39 is 0 Å². The molecule has 0 spiro atoms. The third kappa shape index (κ3) is 4.02. The van der Waals surface area contributed by atoms with Crippen LogP contribution in [0, 0.1) is 5.92 Å². The van der Waals surface area contributed by atoms with Gasteiger partial charge in [0, 0.05) is 11.4 Å². The molecule has 0 aromatic heterocycles. The minimum atomic E-state index is -0.220. The van der Waals surface area contributed by atoms with E-state index in [4.69, 9.17) is 16.7 Å². The summed E-state index contributed by atoms with van der Waals surface area (Å²) in [6.45, 7) is 3.85. The van der Waals surface area contributed by atoms with Crippen molar-refractivity contribution in [2.75, 3.05) is 6.61 Å². The van der Waals surface area contributed by atoms with E-state index in [1.54, 1.807) is 18.2 Å². The highest BCUT2D eigenvalue weighted by atomic mass is 35.5. The Morgan fingerprint density at radius 1 is 1.47 bits per heavy atom. The Hall–Kier alpha value is -1.06. The van der Waals surface area contributed by atoms with Crippen LogP contribution in [0.2, 0.25) is 0 Å². The molecular formula is C13H18ClNO2. The molecule has 3 nitrogen and oxygen atoms in total. The van der Waals surface area contributed by atoms with Gasteiger partial charge in [0.1, 0.15) is 0 Å². The molecule has 1 atom stereocenters. The highest BCUT2D eigenvalue weighted by Crippen LogP contribution is 2.09. The first-order chi connectivity index (χ1) is 8.08. The van der Waals surface area contributed by atoms with Crippen molar-refractivity contribution >= 4 is 17.5 Å². The summed E-state index contributed by atoms with van der Waals surface area (Å²) < 4.78 is 0. The summed E-state index contributed by atoms with van der Waals surface area (Å²) in [6.07, 6.45) is 0. The lowest BCUT2D eigenvalue weighted by atomic mass is 10.0. The first kappa shape index (κ1) is 14.0. The predicted octanol–water partition coefficient (Wildman–Crippen LogP) is 2.17. The molecule has 0 aliphatic rings. The van der Waals surface area contributed by atoms with Crippen molar-refractivity contribution in [3.8, 4) is 0 Å². The van der Waals surface area contributed by atoms with Gasteiger partial charge >= 0.3 is 0 Å². The van der Waals surface area contributed by atoms with Crippen LogP contribution in [0.5, 0.6) is 0 Å². The summed E-state index contributed by atoms with van der Waals surface area (Å²) in [5.74, 6) is 0.402. The van der Waals surface area contributed by atoms with E-state index in [-0.39, 0.29) is 24.5 Å². The molecule has 2 N–H and O–H groups in total. The molecule has 1 amide bonds. The number of aliphatic hydroxyl groups is 1. The largest absolute Gasteiger partial charge is 0.394 e. The molecular weight excluding hydrogens is 238 g/mol. The Morgan fingerprint density at radius 2 is 2.18 bits per heavy atom. The van der Waals surface area contributed by atoms with Crippen LogP contribution >= 0.6 is 11.6 Å². The number of hydrogen-bond acceptors (Lipinski definition) is 2. The molecule has 0 bridgehead atoms. The Kier molecular flexibility index (Phi) is 5.45. The summed E-state index contributed by atoms with van der Waals surface area (Å²) in [4.78, 5) is 11.9. The summed E-state index contributed by atoms with van der Waals surface area (Å²) >= 11 is 5.72. The van der Waals surface area contributed by atoms with Gasteiger partial charge in [0.2, 0.25) is 0 Å². The Labute approximate surface area is 107 Å². The average Bonchev–Trinajstić information content (AvgIpc) is 2.35. The Morgan fingerprint density at radius 3 is 2.71 bits per heavy atom. The SMILES string of the molecule is CC(C)C(CO)NC(=O)c1cccc(CCl)c1. The Balaban J connectivity index is 2.75. The molecule has 1 aromatic carbocycles. The van der Waals surface area contributed by atoms with E-state index in [0.717, 1.165) is 5.56 Å². The second-order valence-corrected chi connectivity index (χ2v) is 4.61. The van der Waals surface area contributed by atoms with Crippen molar-refractivity contribution in [2.45, 2.75) is 25.8 Å². The first-order valence-electron chi connectivity index (χ1n) is 5.65. The summed E-state index contributed by atoms with van der Waals surface area (Å²) in [6, 6.07) is 6.95. The molecule has 0 radical (unpaired) electrons. The molecule has 0 heterocycles. The number of amides is 1. The fraction of sp³-hybridized carbons (Fsp3) is 0.462. The molecule has 94 valence electrons. The van der Waals surface area contributed by atoms with Crippen molar-refractivity contribution in [3.63, 3.8) is 0 Å². The Bertz CT molecular complexity index is 379. The van der Waals surface area contributed by atoms with Gasteiger partial charge in [-0.25, -0.2) is 0 Å². The molecule has 0 aliphatic carbocycles. The number of halogens is 1. The van der Waals surface area contributed by atoms with Crippen molar-refractivity contribution in [3.05, 3.63) is 35.4 Å². The van der Waals surface area contributed by atoms with Crippen LogP contribution in [0.25, 0.3) is 0 Å². The fourth-order valence-electron chi connectivity index (χ4n) is 1.47. The number of carbonyl (C=O) groups excluding carboxylic acids is 1. The zero-order chi connectivity index (χ0) is 12.8. The van der Waals surface area contributed by atoms with E-state index >= 15 is 0 Å². The molecule has 1 unspecified atom stereocenters. The predicted molar refractivity (Wildman–Crippen MR) is 69.2 cm³/mol. The molecule has 1 rings (SSSR count). The van der Waals surface area contributed by atoms with Crippen LogP contribution in [0.4, 0.5) is 0 Å². The van der Waals surface area contributed by atoms with Crippen LogP contribution in [-0.4, -0.2) is 23.7 Å². The molecule has 0 fully saturated rings. The van der Waals surface area contributed by atoms with Gasteiger partial charge in [-0.3, -0.25) is 4.79 Å². The standard InChI is InChI=1S/C13H18ClNO2/c1-9(2)12(8-16)15-13(17)11-5-3-4-10(6-11)7-14/h3-6,9,12,16H,7-8H2,1-2H3,(H,15,17). The fourth-order valence-corrected chi connectivity index (χ4v) is 1.64. The highest BCUT2D eigenvalue weighted by Gasteiger charge is 2.16. The zero-order valence-corrected chi connectivity index (χ0v) is 10.9. The summed E-state index contributed by atoms with van der Waals surface area (Å²) in [5.41, 5.74) is 1.48. The maximum atomic E-state index is 11.9. The van der Waals surface area contributed by atoms with Crippen molar-refractivity contribution in [1.29, 1.82) is 0 Å². The third-order valence-electron chi connectivity index (χ3n) is 2.66. The quantitative estimate of drug-likeness (QED) is 0.793. The van der Waals surface area contributed by atoms with Gasteiger partial charge < -0.3 is 10.4 Å². The molecule has 4 heteroatoms. The average molecular weight is 256 g/mol. The number of carbonyl (C=O) groups is 1. The lowest BCUT2D eigenvalue weighted by molar-refractivity contribution is 0.0897.